The molecule has 0 aliphatic carbocycles. The molecule has 0 aliphatic rings. The number of alkyl halides is 3. The molecule has 3 aromatic carbocycles. The first-order valence-corrected chi connectivity index (χ1v) is 11.1. The van der Waals surface area contributed by atoms with Crippen LogP contribution in [-0.2, 0) is 6.18 Å². The van der Waals surface area contributed by atoms with Gasteiger partial charge in [-0.05, 0) is 66.9 Å². The summed E-state index contributed by atoms with van der Waals surface area (Å²) in [6.07, 6.45) is -4.56. The van der Waals surface area contributed by atoms with E-state index in [1.165, 1.54) is 12.1 Å². The summed E-state index contributed by atoms with van der Waals surface area (Å²) in [5.41, 5.74) is 3.39. The summed E-state index contributed by atoms with van der Waals surface area (Å²) in [7, 11) is 1.56. The molecule has 1 heterocycles. The number of methoxy groups -OCH3 is 1. The third-order valence-electron chi connectivity index (χ3n) is 5.95. The van der Waals surface area contributed by atoms with Crippen LogP contribution >= 0.6 is 0 Å². The molecule has 4 aromatic rings. The molecule has 0 aliphatic heterocycles. The number of H-pyrrole nitrogens is 1. The summed E-state index contributed by atoms with van der Waals surface area (Å²) >= 11 is 0. The Balaban J connectivity index is 1.73. The summed E-state index contributed by atoms with van der Waals surface area (Å²) in [6, 6.07) is 15.4. The van der Waals surface area contributed by atoms with Crippen LogP contribution < -0.4 is 14.8 Å². The van der Waals surface area contributed by atoms with Crippen molar-refractivity contribution in [3.63, 3.8) is 0 Å². The number of nitrogens with zero attached hydrogens (tertiary/aromatic N) is 1. The number of ether oxygens (including phenoxy) is 1. The topological polar surface area (TPSA) is 81.1 Å². The maximum Gasteiger partial charge on any atom is 0.416 e. The van der Waals surface area contributed by atoms with Crippen LogP contribution in [0.4, 0.5) is 18.9 Å². The highest BCUT2D eigenvalue weighted by atomic mass is 19.4. The van der Waals surface area contributed by atoms with Gasteiger partial charge in [0.25, 0.3) is 11.7 Å². The minimum absolute atomic E-state index is 0.0706. The molecule has 0 saturated carbocycles. The number of rotatable bonds is 5. The number of aryl methyl sites for hydroxylation is 3. The number of imidazole rings is 1. The van der Waals surface area contributed by atoms with Crippen molar-refractivity contribution in [2.24, 2.45) is 0 Å². The van der Waals surface area contributed by atoms with Gasteiger partial charge in [0.2, 0.25) is 5.69 Å². The highest BCUT2D eigenvalue weighted by Gasteiger charge is 2.31. The fourth-order valence-electron chi connectivity index (χ4n) is 4.26. The van der Waals surface area contributed by atoms with Gasteiger partial charge in [-0.25, -0.2) is 9.71 Å². The molecule has 36 heavy (non-hydrogen) atoms. The summed E-state index contributed by atoms with van der Waals surface area (Å²) < 4.78 is 45.1. The number of amides is 1. The summed E-state index contributed by atoms with van der Waals surface area (Å²) in [5.74, 6) is -0.0796. The van der Waals surface area contributed by atoms with Crippen molar-refractivity contribution < 1.29 is 27.4 Å². The van der Waals surface area contributed by atoms with Crippen molar-refractivity contribution >= 4 is 11.6 Å². The van der Waals surface area contributed by atoms with Crippen LogP contribution in [-0.4, -0.2) is 18.0 Å². The normalized spacial score (nSPS) is 11.4. The van der Waals surface area contributed by atoms with E-state index in [0.29, 0.717) is 16.0 Å². The van der Waals surface area contributed by atoms with Crippen LogP contribution in [0, 0.1) is 26.0 Å². The molecule has 0 spiro atoms. The zero-order valence-electron chi connectivity index (χ0n) is 20.1. The number of halogens is 3. The van der Waals surface area contributed by atoms with Crippen LogP contribution in [0.2, 0.25) is 0 Å². The number of benzene rings is 3. The lowest BCUT2D eigenvalue weighted by Gasteiger charge is -2.15. The van der Waals surface area contributed by atoms with E-state index in [-0.39, 0.29) is 22.9 Å². The number of aromatic nitrogens is 2. The van der Waals surface area contributed by atoms with Gasteiger partial charge < -0.3 is 15.3 Å². The minimum Gasteiger partial charge on any atom is -0.710 e. The van der Waals surface area contributed by atoms with Crippen molar-refractivity contribution in [1.82, 2.24) is 4.98 Å². The zero-order chi connectivity index (χ0) is 26.2. The number of carbonyl (C=O) groups is 1. The second kappa shape index (κ2) is 9.41. The highest BCUT2D eigenvalue weighted by molar-refractivity contribution is 6.02. The summed E-state index contributed by atoms with van der Waals surface area (Å²) in [4.78, 5) is 15.8. The van der Waals surface area contributed by atoms with E-state index in [0.717, 1.165) is 34.4 Å². The number of carbonyl (C=O) groups excluding carboxylic acids is 1. The van der Waals surface area contributed by atoms with Crippen molar-refractivity contribution in [3.8, 4) is 28.3 Å². The van der Waals surface area contributed by atoms with Crippen molar-refractivity contribution in [1.29, 1.82) is 0 Å². The Morgan fingerprint density at radius 1 is 1.00 bits per heavy atom. The summed E-state index contributed by atoms with van der Waals surface area (Å²) in [6.45, 7) is 5.52. The highest BCUT2D eigenvalue weighted by Crippen LogP contribution is 2.37. The van der Waals surface area contributed by atoms with E-state index in [1.807, 2.05) is 38.1 Å². The fraction of sp³-hybridized carbons (Fsp3) is 0.185. The number of nitrogens with one attached hydrogen (secondary N) is 2. The Bertz CT molecular complexity index is 1440. The van der Waals surface area contributed by atoms with Gasteiger partial charge in [-0.3, -0.25) is 4.79 Å². The Kier molecular flexibility index (Phi) is 6.49. The smallest absolute Gasteiger partial charge is 0.416 e. The lowest BCUT2D eigenvalue weighted by molar-refractivity contribution is -0.594. The molecule has 0 bridgehead atoms. The molecule has 1 amide bonds. The Hall–Kier alpha value is -4.27. The Morgan fingerprint density at radius 2 is 1.67 bits per heavy atom. The van der Waals surface area contributed by atoms with E-state index in [4.69, 9.17) is 4.74 Å². The van der Waals surface area contributed by atoms with Crippen LogP contribution in [0.3, 0.4) is 0 Å². The predicted octanol–water partition coefficient (Wildman–Crippen LogP) is 6.19. The third-order valence-corrected chi connectivity index (χ3v) is 5.95. The van der Waals surface area contributed by atoms with E-state index < -0.39 is 17.6 Å². The Labute approximate surface area is 206 Å². The lowest BCUT2D eigenvalue weighted by Crippen LogP contribution is -2.36. The molecular formula is C27H24F3N3O3. The van der Waals surface area contributed by atoms with E-state index >= 15 is 0 Å². The first-order valence-electron chi connectivity index (χ1n) is 11.1. The molecule has 2 N–H and O–H groups in total. The molecule has 1 aromatic heterocycles. The second-order valence-corrected chi connectivity index (χ2v) is 8.46. The number of aromatic amines is 1. The fourth-order valence-corrected chi connectivity index (χ4v) is 4.26. The molecule has 0 unspecified atom stereocenters. The predicted molar refractivity (Wildman–Crippen MR) is 131 cm³/mol. The van der Waals surface area contributed by atoms with Crippen LogP contribution in [0.25, 0.3) is 22.5 Å². The third kappa shape index (κ3) is 4.64. The number of anilines is 1. The summed E-state index contributed by atoms with van der Waals surface area (Å²) in [5, 5.41) is 15.6. The largest absolute Gasteiger partial charge is 0.710 e. The van der Waals surface area contributed by atoms with Crippen LogP contribution in [0.5, 0.6) is 5.75 Å². The standard InChI is InChI=1S/C27H24F3N3O3/c1-15-7-5-8-16(2)23(15)21-13-18(11-12-22(21)36-4)25-31-17(3)24(33(25)35)26(34)32-20-10-6-9-19(14-20)27(28,29)30/h5-14,31H,1-4H3,(H,32,34). The number of hydrogen-bond acceptors (Lipinski definition) is 3. The second-order valence-electron chi connectivity index (χ2n) is 8.46. The van der Waals surface area contributed by atoms with Gasteiger partial charge in [-0.1, -0.05) is 24.3 Å². The van der Waals surface area contributed by atoms with Gasteiger partial charge in [0.05, 0.1) is 18.2 Å². The maximum absolute atomic E-state index is 13.2. The average Bonchev–Trinajstić information content (AvgIpc) is 3.12. The van der Waals surface area contributed by atoms with Gasteiger partial charge >= 0.3 is 6.18 Å². The molecule has 0 atom stereocenters. The quantitative estimate of drug-likeness (QED) is 0.256. The number of hydrogen-bond donors (Lipinski definition) is 2. The van der Waals surface area contributed by atoms with E-state index in [9.17, 15) is 23.2 Å². The molecule has 186 valence electrons. The molecule has 0 saturated heterocycles. The van der Waals surface area contributed by atoms with Gasteiger partial charge in [-0.15, -0.1) is 0 Å². The first-order chi connectivity index (χ1) is 17.0. The SMILES string of the molecule is COc1ccc(-c2[nH]c(C)c(C(=O)Nc3cccc(C(F)(F)F)c3)[n+]2[O-])cc1-c1c(C)cccc1C. The van der Waals surface area contributed by atoms with E-state index in [1.54, 1.807) is 26.2 Å². The van der Waals surface area contributed by atoms with Gasteiger partial charge in [-0.2, -0.15) is 13.2 Å². The van der Waals surface area contributed by atoms with Crippen LogP contribution in [0.15, 0.2) is 60.7 Å². The van der Waals surface area contributed by atoms with E-state index in [2.05, 4.69) is 10.3 Å². The average molecular weight is 496 g/mol. The van der Waals surface area contributed by atoms with Crippen molar-refractivity contribution in [2.75, 3.05) is 12.4 Å². The molecule has 0 fully saturated rings. The molecule has 4 rings (SSSR count). The van der Waals surface area contributed by atoms with Crippen molar-refractivity contribution in [3.05, 3.63) is 93.9 Å². The first kappa shape index (κ1) is 24.8. The van der Waals surface area contributed by atoms with Gasteiger partial charge in [0.15, 0.2) is 5.69 Å². The van der Waals surface area contributed by atoms with Gasteiger partial charge in [0, 0.05) is 18.2 Å². The van der Waals surface area contributed by atoms with Crippen molar-refractivity contribution in [2.45, 2.75) is 26.9 Å². The molecule has 6 nitrogen and oxygen atoms in total. The minimum atomic E-state index is -4.56. The van der Waals surface area contributed by atoms with Gasteiger partial charge in [0.1, 0.15) is 5.75 Å². The molecular weight excluding hydrogens is 471 g/mol. The maximum atomic E-state index is 13.2. The zero-order valence-corrected chi connectivity index (χ0v) is 20.1. The lowest BCUT2D eigenvalue weighted by atomic mass is 9.93. The Morgan fingerprint density at radius 3 is 2.31 bits per heavy atom. The molecule has 9 heteroatoms. The monoisotopic (exact) mass is 495 g/mol. The van der Waals surface area contributed by atoms with Crippen LogP contribution in [0.1, 0.15) is 32.9 Å². The molecule has 0 radical (unpaired) electrons.